The van der Waals surface area contributed by atoms with E-state index in [9.17, 15) is 5.21 Å². The number of benzene rings is 1. The molecule has 1 aromatic carbocycles. The summed E-state index contributed by atoms with van der Waals surface area (Å²) in [5, 5.41) is 12.8. The molecule has 2 heterocycles. The van der Waals surface area contributed by atoms with Crippen molar-refractivity contribution in [3.05, 3.63) is 64.4 Å². The summed E-state index contributed by atoms with van der Waals surface area (Å²) in [4.78, 5) is 0. The number of hydrogen-bond donors (Lipinski definition) is 0. The lowest BCUT2D eigenvalue weighted by atomic mass is 9.58. The zero-order chi connectivity index (χ0) is 22.2. The molecule has 1 aromatic rings. The van der Waals surface area contributed by atoms with E-state index in [2.05, 4.69) is 49.4 Å². The van der Waals surface area contributed by atoms with Gasteiger partial charge in [-0.1, -0.05) is 49.4 Å². The molecule has 32 heavy (non-hydrogen) atoms. The predicted octanol–water partition coefficient (Wildman–Crippen LogP) is 6.34. The third kappa shape index (κ3) is 2.97. The summed E-state index contributed by atoms with van der Waals surface area (Å²) in [6, 6.07) is 11.2. The van der Waals surface area contributed by atoms with Crippen molar-refractivity contribution < 1.29 is 9.38 Å². The normalized spacial score (nSPS) is 42.6. The van der Waals surface area contributed by atoms with Crippen LogP contribution in [0.25, 0.3) is 0 Å². The smallest absolute Gasteiger partial charge is 0.0974 e. The van der Waals surface area contributed by atoms with Crippen LogP contribution >= 0.6 is 0 Å². The van der Waals surface area contributed by atoms with E-state index in [1.165, 1.54) is 48.8 Å². The highest BCUT2D eigenvalue weighted by molar-refractivity contribution is 5.47. The van der Waals surface area contributed by atoms with Gasteiger partial charge in [0.2, 0.25) is 0 Å². The number of quaternary nitrogens is 1. The van der Waals surface area contributed by atoms with Crippen LogP contribution < -0.4 is 0 Å². The summed E-state index contributed by atoms with van der Waals surface area (Å²) in [6.45, 7) is 2.57. The van der Waals surface area contributed by atoms with Crippen molar-refractivity contribution >= 4 is 0 Å². The van der Waals surface area contributed by atoms with Crippen molar-refractivity contribution in [1.82, 2.24) is 0 Å². The van der Waals surface area contributed by atoms with E-state index in [0.717, 1.165) is 38.0 Å². The van der Waals surface area contributed by atoms with Crippen LogP contribution in [0.2, 0.25) is 0 Å². The number of ether oxygens (including phenoxy) is 1. The highest BCUT2D eigenvalue weighted by Crippen LogP contribution is 2.68. The number of hydroxylamine groups is 3. The standard InChI is InChI=1S/C29H39NO2/c1-27-16-15-24-19-23-11-13-25(30(2,3)31)20-28(23)17-18-29(24,32-28)26(27)14-12-22(27)10-9-21-7-5-4-6-8-21/h4-8,15,19,22,25-26H,9-14,16-18,20H2,1-3H3/t22-,25+,26+,27+,28+,29?/m0/s1. The Labute approximate surface area is 193 Å². The van der Waals surface area contributed by atoms with Crippen molar-refractivity contribution in [2.75, 3.05) is 14.1 Å². The molecule has 0 N–H and O–H groups in total. The molecule has 2 saturated carbocycles. The van der Waals surface area contributed by atoms with Crippen LogP contribution in [0.5, 0.6) is 0 Å². The third-order valence-electron chi connectivity index (χ3n) is 10.4. The van der Waals surface area contributed by atoms with Crippen LogP contribution in [0, 0.1) is 22.5 Å². The predicted molar refractivity (Wildman–Crippen MR) is 129 cm³/mol. The van der Waals surface area contributed by atoms with Gasteiger partial charge >= 0.3 is 0 Å². The zero-order valence-electron chi connectivity index (χ0n) is 20.1. The quantitative estimate of drug-likeness (QED) is 0.410. The minimum Gasteiger partial charge on any atom is -0.633 e. The van der Waals surface area contributed by atoms with Gasteiger partial charge in [0.25, 0.3) is 0 Å². The van der Waals surface area contributed by atoms with Gasteiger partial charge in [0.1, 0.15) is 0 Å². The van der Waals surface area contributed by atoms with Crippen molar-refractivity contribution in [2.24, 2.45) is 17.3 Å². The molecule has 0 amide bonds. The number of hydrogen-bond acceptors (Lipinski definition) is 2. The van der Waals surface area contributed by atoms with Gasteiger partial charge in [0.15, 0.2) is 0 Å². The van der Waals surface area contributed by atoms with Gasteiger partial charge in [-0.05, 0) is 85.3 Å². The molecule has 3 aliphatic carbocycles. The largest absolute Gasteiger partial charge is 0.633 e. The van der Waals surface area contributed by atoms with E-state index in [1.54, 1.807) is 0 Å². The van der Waals surface area contributed by atoms with Gasteiger partial charge < -0.3 is 14.6 Å². The average molecular weight is 434 g/mol. The molecule has 5 aliphatic rings. The molecule has 1 unspecified atom stereocenters. The van der Waals surface area contributed by atoms with E-state index < -0.39 is 0 Å². The summed E-state index contributed by atoms with van der Waals surface area (Å²) < 4.78 is 7.13. The summed E-state index contributed by atoms with van der Waals surface area (Å²) in [5.74, 6) is 1.38. The molecule has 0 aromatic heterocycles. The minimum absolute atomic E-state index is 0.0973. The highest BCUT2D eigenvalue weighted by Gasteiger charge is 2.66. The van der Waals surface area contributed by atoms with Crippen molar-refractivity contribution in [3.63, 3.8) is 0 Å². The molecule has 172 valence electrons. The third-order valence-corrected chi connectivity index (χ3v) is 10.4. The monoisotopic (exact) mass is 433 g/mol. The number of aryl methyl sites for hydroxylation is 1. The first-order valence-corrected chi connectivity index (χ1v) is 13.0. The van der Waals surface area contributed by atoms with Gasteiger partial charge in [-0.2, -0.15) is 0 Å². The Morgan fingerprint density at radius 3 is 2.69 bits per heavy atom. The summed E-state index contributed by atoms with van der Waals surface area (Å²) >= 11 is 0. The van der Waals surface area contributed by atoms with E-state index in [1.807, 2.05) is 14.1 Å². The fourth-order valence-electron chi connectivity index (χ4n) is 8.47. The van der Waals surface area contributed by atoms with Gasteiger partial charge in [-0.3, -0.25) is 0 Å². The number of rotatable bonds is 4. The van der Waals surface area contributed by atoms with E-state index >= 15 is 0 Å². The second-order valence-electron chi connectivity index (χ2n) is 12.2. The Morgan fingerprint density at radius 1 is 1.09 bits per heavy atom. The molecule has 2 bridgehead atoms. The number of fused-ring (bicyclic) bond motifs is 1. The Bertz CT molecular complexity index is 959. The fourth-order valence-corrected chi connectivity index (χ4v) is 8.47. The highest BCUT2D eigenvalue weighted by atomic mass is 16.5. The Kier molecular flexibility index (Phi) is 4.65. The van der Waals surface area contributed by atoms with Gasteiger partial charge in [-0.15, -0.1) is 0 Å². The molecule has 6 atom stereocenters. The van der Waals surface area contributed by atoms with Gasteiger partial charge in [0, 0.05) is 12.8 Å². The maximum Gasteiger partial charge on any atom is 0.0974 e. The van der Waals surface area contributed by atoms with Crippen molar-refractivity contribution in [1.29, 1.82) is 0 Å². The first-order valence-electron chi connectivity index (χ1n) is 13.0. The second-order valence-corrected chi connectivity index (χ2v) is 12.2. The summed E-state index contributed by atoms with van der Waals surface area (Å²) in [6.07, 6.45) is 16.6. The first-order chi connectivity index (χ1) is 15.3. The molecule has 1 saturated heterocycles. The van der Waals surface area contributed by atoms with E-state index in [-0.39, 0.29) is 21.9 Å². The van der Waals surface area contributed by atoms with Crippen LogP contribution in [0.4, 0.5) is 0 Å². The lowest BCUT2D eigenvalue weighted by molar-refractivity contribution is -0.869. The number of allylic oxidation sites excluding steroid dienone is 1. The average Bonchev–Trinajstić information content (AvgIpc) is 3.27. The van der Waals surface area contributed by atoms with E-state index in [0.29, 0.717) is 11.3 Å². The number of nitrogens with zero attached hydrogens (tertiary/aromatic N) is 1. The molecule has 3 fully saturated rings. The van der Waals surface area contributed by atoms with Crippen LogP contribution in [-0.4, -0.2) is 36.0 Å². The maximum absolute atomic E-state index is 12.8. The summed E-state index contributed by atoms with van der Waals surface area (Å²) in [5.41, 5.74) is 4.51. The minimum atomic E-state index is -0.184. The SMILES string of the molecule is C[C@]12CC=C3C=C4CC[C@@H]([N+](C)(C)[O-])C[C@]45CCC3(O5)[C@@H]1CC[C@@H]2CCc1ccccc1. The molecule has 2 spiro atoms. The first kappa shape index (κ1) is 21.1. The Hall–Kier alpha value is -1.42. The van der Waals surface area contributed by atoms with Gasteiger partial charge in [0.05, 0.1) is 31.3 Å². The molecular formula is C29H39NO2. The van der Waals surface area contributed by atoms with Crippen molar-refractivity contribution in [2.45, 2.75) is 88.4 Å². The van der Waals surface area contributed by atoms with Crippen LogP contribution in [0.3, 0.4) is 0 Å². The van der Waals surface area contributed by atoms with Gasteiger partial charge in [-0.25, -0.2) is 0 Å². The molecule has 3 nitrogen and oxygen atoms in total. The molecular weight excluding hydrogens is 394 g/mol. The topological polar surface area (TPSA) is 32.3 Å². The fraction of sp³-hybridized carbons (Fsp3) is 0.655. The molecule has 3 heteroatoms. The van der Waals surface area contributed by atoms with Crippen LogP contribution in [0.15, 0.2) is 53.6 Å². The lowest BCUT2D eigenvalue weighted by Gasteiger charge is -2.55. The summed E-state index contributed by atoms with van der Waals surface area (Å²) in [7, 11) is 3.64. The van der Waals surface area contributed by atoms with Crippen LogP contribution in [-0.2, 0) is 11.2 Å². The maximum atomic E-state index is 12.8. The Balaban J connectivity index is 1.28. The lowest BCUT2D eigenvalue weighted by Crippen LogP contribution is -2.57. The van der Waals surface area contributed by atoms with Crippen LogP contribution in [0.1, 0.15) is 70.3 Å². The Morgan fingerprint density at radius 2 is 1.91 bits per heavy atom. The molecule has 0 radical (unpaired) electrons. The van der Waals surface area contributed by atoms with Crippen molar-refractivity contribution in [3.8, 4) is 0 Å². The molecule has 2 aliphatic heterocycles. The van der Waals surface area contributed by atoms with E-state index in [4.69, 9.17) is 4.74 Å². The molecule has 6 rings (SSSR count). The zero-order valence-corrected chi connectivity index (χ0v) is 20.1. The second kappa shape index (κ2) is 7.04.